The van der Waals surface area contributed by atoms with Gasteiger partial charge in [-0.1, -0.05) is 34.6 Å². The summed E-state index contributed by atoms with van der Waals surface area (Å²) in [6.45, 7) is 0.171. The monoisotopic (exact) mass is 621 g/mol. The minimum absolute atomic E-state index is 0.160. The van der Waals surface area contributed by atoms with E-state index in [1.54, 1.807) is 36.4 Å². The molecule has 2 aromatic heterocycles. The molecular formula is C33H30F3N3O6. The Balaban J connectivity index is 1.06. The number of halogens is 3. The maximum Gasteiger partial charge on any atom is 0.573 e. The maximum atomic E-state index is 13.2. The Hall–Kier alpha value is -4.19. The SMILES string of the molecule is COC(=O)c1ccc(-c2noc(C34CCC5(OCc6c(-c7ccccc7OC(F)(F)F)noc6C6CC6)CCC53CC4)n2)cc1. The summed E-state index contributed by atoms with van der Waals surface area (Å²) >= 11 is 0. The highest BCUT2D eigenvalue weighted by atomic mass is 19.4. The van der Waals surface area contributed by atoms with Crippen molar-refractivity contribution in [2.75, 3.05) is 7.11 Å². The molecule has 4 fully saturated rings. The number of benzene rings is 2. The van der Waals surface area contributed by atoms with E-state index in [1.807, 2.05) is 0 Å². The lowest BCUT2D eigenvalue weighted by atomic mass is 9.39. The summed E-state index contributed by atoms with van der Waals surface area (Å²) < 4.78 is 67.3. The molecule has 4 aliphatic carbocycles. The first kappa shape index (κ1) is 28.3. The zero-order chi connectivity index (χ0) is 31.0. The van der Waals surface area contributed by atoms with Crippen LogP contribution in [-0.2, 0) is 21.5 Å². The van der Waals surface area contributed by atoms with Crippen molar-refractivity contribution in [2.24, 2.45) is 5.41 Å². The topological polar surface area (TPSA) is 110 Å². The van der Waals surface area contributed by atoms with Gasteiger partial charge in [-0.2, -0.15) is 4.98 Å². The van der Waals surface area contributed by atoms with Crippen molar-refractivity contribution in [2.45, 2.75) is 81.3 Å². The van der Waals surface area contributed by atoms with Crippen LogP contribution in [0.15, 0.2) is 57.6 Å². The highest BCUT2D eigenvalue weighted by Crippen LogP contribution is 2.79. The molecule has 3 atom stereocenters. The number of methoxy groups -OCH3 is 1. The van der Waals surface area contributed by atoms with Gasteiger partial charge < -0.3 is 23.3 Å². The van der Waals surface area contributed by atoms with Crippen LogP contribution >= 0.6 is 0 Å². The fraction of sp³-hybridized carbons (Fsp3) is 0.455. The van der Waals surface area contributed by atoms with E-state index in [0.717, 1.165) is 56.9 Å². The summed E-state index contributed by atoms with van der Waals surface area (Å²) in [4.78, 5) is 16.7. The average molecular weight is 622 g/mol. The molecule has 2 aromatic carbocycles. The van der Waals surface area contributed by atoms with Crippen molar-refractivity contribution in [1.82, 2.24) is 15.3 Å². The van der Waals surface area contributed by atoms with E-state index in [-0.39, 0.29) is 34.7 Å². The summed E-state index contributed by atoms with van der Waals surface area (Å²) in [5, 5.41) is 8.53. The first-order valence-corrected chi connectivity index (χ1v) is 15.2. The van der Waals surface area contributed by atoms with E-state index in [0.29, 0.717) is 34.3 Å². The smallest absolute Gasteiger partial charge is 0.465 e. The van der Waals surface area contributed by atoms with Crippen molar-refractivity contribution >= 4 is 5.97 Å². The number of carbonyl (C=O) groups excluding carboxylic acids is 1. The predicted molar refractivity (Wildman–Crippen MR) is 151 cm³/mol. The van der Waals surface area contributed by atoms with Gasteiger partial charge in [-0.05, 0) is 75.6 Å². The summed E-state index contributed by atoms with van der Waals surface area (Å²) in [5.41, 5.74) is 1.51. The van der Waals surface area contributed by atoms with E-state index < -0.39 is 17.9 Å². The quantitative estimate of drug-likeness (QED) is 0.175. The van der Waals surface area contributed by atoms with Crippen LogP contribution in [0.5, 0.6) is 5.75 Å². The van der Waals surface area contributed by atoms with Crippen molar-refractivity contribution in [3.8, 4) is 28.4 Å². The Morgan fingerprint density at radius 2 is 1.69 bits per heavy atom. The summed E-state index contributed by atoms with van der Waals surface area (Å²) in [7, 11) is 1.34. The molecule has 234 valence electrons. The normalized spacial score (nSPS) is 26.8. The second-order valence-electron chi connectivity index (χ2n) is 12.6. The molecule has 0 aliphatic heterocycles. The van der Waals surface area contributed by atoms with Gasteiger partial charge in [-0.3, -0.25) is 0 Å². The first-order valence-electron chi connectivity index (χ1n) is 15.2. The highest BCUT2D eigenvalue weighted by Gasteiger charge is 2.80. The lowest BCUT2D eigenvalue weighted by molar-refractivity contribution is -0.274. The van der Waals surface area contributed by atoms with Gasteiger partial charge >= 0.3 is 12.3 Å². The third kappa shape index (κ3) is 4.24. The van der Waals surface area contributed by atoms with E-state index in [4.69, 9.17) is 23.5 Å². The average Bonchev–Trinajstić information content (AvgIpc) is 3.54. The Bertz CT molecular complexity index is 1780. The van der Waals surface area contributed by atoms with Crippen molar-refractivity contribution in [3.05, 3.63) is 71.3 Å². The largest absolute Gasteiger partial charge is 0.573 e. The molecule has 12 heteroatoms. The van der Waals surface area contributed by atoms with Gasteiger partial charge in [0.2, 0.25) is 11.7 Å². The maximum absolute atomic E-state index is 13.2. The molecule has 4 aliphatic rings. The highest BCUT2D eigenvalue weighted by molar-refractivity contribution is 5.89. The number of hydrogen-bond acceptors (Lipinski definition) is 9. The summed E-state index contributed by atoms with van der Waals surface area (Å²) in [6.07, 6.45) is 2.39. The minimum Gasteiger partial charge on any atom is -0.465 e. The number of hydrogen-bond donors (Lipinski definition) is 0. The Labute approximate surface area is 256 Å². The van der Waals surface area contributed by atoms with E-state index >= 15 is 0 Å². The van der Waals surface area contributed by atoms with Gasteiger partial charge in [-0.15, -0.1) is 13.2 Å². The Kier molecular flexibility index (Phi) is 6.23. The van der Waals surface area contributed by atoms with E-state index in [2.05, 4.69) is 15.1 Å². The summed E-state index contributed by atoms with van der Waals surface area (Å²) in [5.74, 6) is 1.17. The van der Waals surface area contributed by atoms with Crippen LogP contribution in [0.3, 0.4) is 0 Å². The van der Waals surface area contributed by atoms with Crippen LogP contribution < -0.4 is 4.74 Å². The molecule has 2 heterocycles. The number of para-hydroxylation sites is 1. The van der Waals surface area contributed by atoms with Crippen LogP contribution in [0.2, 0.25) is 0 Å². The van der Waals surface area contributed by atoms with Gasteiger partial charge in [0.1, 0.15) is 17.2 Å². The molecule has 45 heavy (non-hydrogen) atoms. The van der Waals surface area contributed by atoms with Crippen molar-refractivity contribution in [1.29, 1.82) is 0 Å². The number of alkyl halides is 3. The second kappa shape index (κ2) is 9.90. The van der Waals surface area contributed by atoms with Crippen LogP contribution in [0.4, 0.5) is 13.2 Å². The molecule has 4 saturated carbocycles. The number of carbonyl (C=O) groups is 1. The molecular weight excluding hydrogens is 591 g/mol. The molecule has 0 saturated heterocycles. The number of rotatable bonds is 9. The van der Waals surface area contributed by atoms with Crippen molar-refractivity contribution < 1.29 is 41.2 Å². The van der Waals surface area contributed by atoms with E-state index in [9.17, 15) is 18.0 Å². The van der Waals surface area contributed by atoms with Gasteiger partial charge in [0.05, 0.1) is 30.3 Å². The molecule has 0 amide bonds. The Morgan fingerprint density at radius 1 is 0.956 bits per heavy atom. The number of ether oxygens (including phenoxy) is 3. The molecule has 9 nitrogen and oxygen atoms in total. The van der Waals surface area contributed by atoms with Gasteiger partial charge in [0, 0.05) is 28.0 Å². The number of nitrogens with zero attached hydrogens (tertiary/aromatic N) is 3. The van der Waals surface area contributed by atoms with Crippen LogP contribution in [-0.4, -0.2) is 40.3 Å². The fourth-order valence-electron chi connectivity index (χ4n) is 8.14. The first-order chi connectivity index (χ1) is 21.7. The van der Waals surface area contributed by atoms with Gasteiger partial charge in [-0.25, -0.2) is 4.79 Å². The molecule has 8 rings (SSSR count). The number of aromatic nitrogens is 3. The van der Waals surface area contributed by atoms with Crippen LogP contribution in [0.25, 0.3) is 22.6 Å². The predicted octanol–water partition coefficient (Wildman–Crippen LogP) is 7.52. The lowest BCUT2D eigenvalue weighted by Crippen LogP contribution is -2.68. The fourth-order valence-corrected chi connectivity index (χ4v) is 8.14. The molecule has 3 unspecified atom stereocenters. The van der Waals surface area contributed by atoms with Crippen LogP contribution in [0.1, 0.15) is 84.9 Å². The lowest BCUT2D eigenvalue weighted by Gasteiger charge is -2.67. The van der Waals surface area contributed by atoms with Gasteiger partial charge in [0.25, 0.3) is 0 Å². The third-order valence-corrected chi connectivity index (χ3v) is 10.7. The zero-order valence-corrected chi connectivity index (χ0v) is 24.5. The standard InChI is InChI=1S/C33H30F3N3O6/c1-41-28(40)21-10-8-20(9-11-21)27-37-29(45-39-27)30-12-14-31(30)15-17-32(31,16-13-30)42-18-23-25(38-44-26(23)19-6-7-19)22-4-2-3-5-24(22)43-33(34,35)36/h2-5,8-11,19H,6-7,12-18H2,1H3. The number of esters is 1. The minimum atomic E-state index is -4.84. The van der Waals surface area contributed by atoms with E-state index in [1.165, 1.54) is 19.2 Å². The second-order valence-corrected chi connectivity index (χ2v) is 12.6. The zero-order valence-electron chi connectivity index (χ0n) is 24.5. The Morgan fingerprint density at radius 3 is 2.36 bits per heavy atom. The third-order valence-electron chi connectivity index (χ3n) is 10.7. The van der Waals surface area contributed by atoms with Crippen molar-refractivity contribution in [3.63, 3.8) is 0 Å². The molecule has 0 bridgehead atoms. The molecule has 0 radical (unpaired) electrons. The van der Waals surface area contributed by atoms with Crippen LogP contribution in [0, 0.1) is 5.41 Å². The molecule has 0 N–H and O–H groups in total. The molecule has 1 spiro atoms. The molecule has 4 aromatic rings. The summed E-state index contributed by atoms with van der Waals surface area (Å²) in [6, 6.07) is 12.9. The van der Waals surface area contributed by atoms with Gasteiger partial charge in [0.15, 0.2) is 0 Å².